The van der Waals surface area contributed by atoms with Crippen LogP contribution in [0.2, 0.25) is 0 Å². The maximum absolute atomic E-state index is 11.2. The number of hydrogen-bond donors (Lipinski definition) is 2. The molecule has 2 rings (SSSR count). The topological polar surface area (TPSA) is 40.5 Å². The Morgan fingerprint density at radius 1 is 0.769 bits per heavy atom. The molecule has 0 aliphatic heterocycles. The second-order valence-electron chi connectivity index (χ2n) is 7.51. The highest BCUT2D eigenvalue weighted by Crippen LogP contribution is 2.41. The maximum Gasteiger partial charge on any atom is 0.197 e. The molecular formula is C24H34O2. The van der Waals surface area contributed by atoms with Crippen molar-refractivity contribution in [2.45, 2.75) is 77.4 Å². The standard InChI is InChI=1S/C24H34O2/c1-4-5-6-7-8-9-18-23(21-16-12-10-14-19(21)2)24(25,26)22-17-13-11-15-20(22)3/h10-17,23,25-26H,4-9,18H2,1-3H3. The van der Waals surface area contributed by atoms with Crippen LogP contribution >= 0.6 is 0 Å². The van der Waals surface area contributed by atoms with E-state index in [1.165, 1.54) is 25.7 Å². The van der Waals surface area contributed by atoms with E-state index < -0.39 is 5.79 Å². The molecule has 0 fully saturated rings. The molecule has 2 heteroatoms. The summed E-state index contributed by atoms with van der Waals surface area (Å²) in [6.07, 6.45) is 7.96. The van der Waals surface area contributed by atoms with E-state index in [0.717, 1.165) is 36.0 Å². The fourth-order valence-electron chi connectivity index (χ4n) is 3.85. The Hall–Kier alpha value is -1.64. The molecular weight excluding hydrogens is 320 g/mol. The minimum atomic E-state index is -1.86. The SMILES string of the molecule is CCCCCCCCC(c1ccccc1C)C(O)(O)c1ccccc1C. The Morgan fingerprint density at radius 3 is 2.00 bits per heavy atom. The Balaban J connectivity index is 2.23. The predicted molar refractivity (Wildman–Crippen MR) is 109 cm³/mol. The van der Waals surface area contributed by atoms with Crippen molar-refractivity contribution in [3.63, 3.8) is 0 Å². The van der Waals surface area contributed by atoms with Gasteiger partial charge in [0.2, 0.25) is 0 Å². The van der Waals surface area contributed by atoms with Gasteiger partial charge in [0.15, 0.2) is 5.79 Å². The normalized spacial score (nSPS) is 13.0. The van der Waals surface area contributed by atoms with Crippen LogP contribution in [-0.2, 0) is 5.79 Å². The lowest BCUT2D eigenvalue weighted by molar-refractivity contribution is -0.190. The van der Waals surface area contributed by atoms with Crippen molar-refractivity contribution in [2.24, 2.45) is 0 Å². The van der Waals surface area contributed by atoms with Gasteiger partial charge in [-0.25, -0.2) is 0 Å². The van der Waals surface area contributed by atoms with Crippen molar-refractivity contribution in [3.8, 4) is 0 Å². The summed E-state index contributed by atoms with van der Waals surface area (Å²) in [6.45, 7) is 6.22. The first kappa shape index (κ1) is 20.7. The van der Waals surface area contributed by atoms with Crippen molar-refractivity contribution >= 4 is 0 Å². The zero-order chi connectivity index (χ0) is 19.0. The van der Waals surface area contributed by atoms with Crippen LogP contribution in [0.15, 0.2) is 48.5 Å². The van der Waals surface area contributed by atoms with Gasteiger partial charge < -0.3 is 10.2 Å². The molecule has 2 aromatic carbocycles. The van der Waals surface area contributed by atoms with Gasteiger partial charge in [0.25, 0.3) is 0 Å². The summed E-state index contributed by atoms with van der Waals surface area (Å²) in [5.41, 5.74) is 3.68. The van der Waals surface area contributed by atoms with Crippen LogP contribution in [0.4, 0.5) is 0 Å². The first-order valence-corrected chi connectivity index (χ1v) is 10.0. The zero-order valence-electron chi connectivity index (χ0n) is 16.5. The second-order valence-corrected chi connectivity index (χ2v) is 7.51. The lowest BCUT2D eigenvalue weighted by Crippen LogP contribution is -2.34. The molecule has 1 unspecified atom stereocenters. The largest absolute Gasteiger partial charge is 0.361 e. The third-order valence-corrected chi connectivity index (χ3v) is 5.44. The van der Waals surface area contributed by atoms with E-state index in [2.05, 4.69) is 19.9 Å². The van der Waals surface area contributed by atoms with Crippen molar-refractivity contribution in [2.75, 3.05) is 0 Å². The fraction of sp³-hybridized carbons (Fsp3) is 0.500. The Morgan fingerprint density at radius 2 is 1.35 bits per heavy atom. The molecule has 0 radical (unpaired) electrons. The molecule has 0 amide bonds. The molecule has 0 saturated heterocycles. The minimum Gasteiger partial charge on any atom is -0.361 e. The van der Waals surface area contributed by atoms with Gasteiger partial charge in [0.1, 0.15) is 0 Å². The molecule has 142 valence electrons. The van der Waals surface area contributed by atoms with Crippen LogP contribution in [0.3, 0.4) is 0 Å². The molecule has 26 heavy (non-hydrogen) atoms. The predicted octanol–water partition coefficient (Wildman–Crippen LogP) is 5.98. The highest BCUT2D eigenvalue weighted by molar-refractivity contribution is 5.37. The highest BCUT2D eigenvalue weighted by atomic mass is 16.5. The summed E-state index contributed by atoms with van der Waals surface area (Å²) in [7, 11) is 0. The van der Waals surface area contributed by atoms with Crippen LogP contribution in [-0.4, -0.2) is 10.2 Å². The molecule has 2 aromatic rings. The number of aliphatic hydroxyl groups is 2. The van der Waals surface area contributed by atoms with E-state index in [1.807, 2.05) is 49.4 Å². The van der Waals surface area contributed by atoms with Gasteiger partial charge >= 0.3 is 0 Å². The fourth-order valence-corrected chi connectivity index (χ4v) is 3.85. The van der Waals surface area contributed by atoms with E-state index in [0.29, 0.717) is 5.56 Å². The van der Waals surface area contributed by atoms with Gasteiger partial charge in [-0.05, 0) is 37.0 Å². The summed E-state index contributed by atoms with van der Waals surface area (Å²) >= 11 is 0. The summed E-state index contributed by atoms with van der Waals surface area (Å²) in [5.74, 6) is -2.18. The lowest BCUT2D eigenvalue weighted by Gasteiger charge is -2.34. The van der Waals surface area contributed by atoms with E-state index >= 15 is 0 Å². The molecule has 2 N–H and O–H groups in total. The number of benzene rings is 2. The lowest BCUT2D eigenvalue weighted by atomic mass is 9.79. The number of hydrogen-bond acceptors (Lipinski definition) is 2. The van der Waals surface area contributed by atoms with Crippen LogP contribution in [0.5, 0.6) is 0 Å². The van der Waals surface area contributed by atoms with Gasteiger partial charge in [-0.2, -0.15) is 0 Å². The molecule has 0 aliphatic rings. The van der Waals surface area contributed by atoms with Gasteiger partial charge in [0, 0.05) is 11.5 Å². The second kappa shape index (κ2) is 9.89. The van der Waals surface area contributed by atoms with E-state index in [9.17, 15) is 10.2 Å². The first-order chi connectivity index (χ1) is 12.5. The average molecular weight is 355 g/mol. The maximum atomic E-state index is 11.2. The van der Waals surface area contributed by atoms with Crippen molar-refractivity contribution in [1.82, 2.24) is 0 Å². The molecule has 1 atom stereocenters. The summed E-state index contributed by atoms with van der Waals surface area (Å²) in [6, 6.07) is 15.7. The van der Waals surface area contributed by atoms with E-state index in [1.54, 1.807) is 0 Å². The Bertz CT molecular complexity index is 675. The molecule has 0 spiro atoms. The third-order valence-electron chi connectivity index (χ3n) is 5.44. The van der Waals surface area contributed by atoms with Crippen LogP contribution in [0, 0.1) is 13.8 Å². The smallest absolute Gasteiger partial charge is 0.197 e. The summed E-state index contributed by atoms with van der Waals surface area (Å²) in [5, 5.41) is 22.4. The van der Waals surface area contributed by atoms with Crippen LogP contribution in [0.1, 0.15) is 80.0 Å². The van der Waals surface area contributed by atoms with E-state index in [4.69, 9.17) is 0 Å². The van der Waals surface area contributed by atoms with Crippen molar-refractivity contribution in [1.29, 1.82) is 0 Å². The minimum absolute atomic E-state index is 0.323. The number of aryl methyl sites for hydroxylation is 2. The molecule has 0 saturated carbocycles. The number of rotatable bonds is 10. The van der Waals surface area contributed by atoms with Gasteiger partial charge in [-0.15, -0.1) is 0 Å². The molecule has 0 aromatic heterocycles. The summed E-state index contributed by atoms with van der Waals surface area (Å²) < 4.78 is 0. The van der Waals surface area contributed by atoms with Crippen LogP contribution in [0.25, 0.3) is 0 Å². The van der Waals surface area contributed by atoms with Crippen molar-refractivity contribution in [3.05, 3.63) is 70.8 Å². The number of unbranched alkanes of at least 4 members (excludes halogenated alkanes) is 5. The average Bonchev–Trinajstić information content (AvgIpc) is 2.62. The first-order valence-electron chi connectivity index (χ1n) is 10.0. The highest BCUT2D eigenvalue weighted by Gasteiger charge is 2.38. The quantitative estimate of drug-likeness (QED) is 0.407. The van der Waals surface area contributed by atoms with Crippen LogP contribution < -0.4 is 0 Å². The molecule has 0 bridgehead atoms. The Labute approximate surface area is 158 Å². The van der Waals surface area contributed by atoms with Gasteiger partial charge in [-0.3, -0.25) is 0 Å². The van der Waals surface area contributed by atoms with Gasteiger partial charge in [-0.1, -0.05) is 94.0 Å². The molecule has 0 heterocycles. The molecule has 2 nitrogen and oxygen atoms in total. The molecule has 0 aliphatic carbocycles. The van der Waals surface area contributed by atoms with Gasteiger partial charge in [0.05, 0.1) is 0 Å². The zero-order valence-corrected chi connectivity index (χ0v) is 16.5. The Kier molecular flexibility index (Phi) is 7.86. The van der Waals surface area contributed by atoms with E-state index in [-0.39, 0.29) is 5.92 Å². The van der Waals surface area contributed by atoms with Crippen molar-refractivity contribution < 1.29 is 10.2 Å². The summed E-state index contributed by atoms with van der Waals surface area (Å²) in [4.78, 5) is 0. The monoisotopic (exact) mass is 354 g/mol. The third kappa shape index (κ3) is 5.18.